The lowest BCUT2D eigenvalue weighted by Gasteiger charge is -2.29. The van der Waals surface area contributed by atoms with Gasteiger partial charge in [-0.25, -0.2) is 12.7 Å². The van der Waals surface area contributed by atoms with Crippen molar-refractivity contribution < 1.29 is 22.8 Å². The summed E-state index contributed by atoms with van der Waals surface area (Å²) >= 11 is 5.86. The van der Waals surface area contributed by atoms with E-state index >= 15 is 0 Å². The number of unbranched alkanes of at least 4 members (excludes halogenated alkanes) is 1. The number of oxime groups is 1. The summed E-state index contributed by atoms with van der Waals surface area (Å²) in [6.45, 7) is 7.04. The Bertz CT molecular complexity index is 830. The molecule has 0 amide bonds. The molecule has 0 bridgehead atoms. The van der Waals surface area contributed by atoms with Gasteiger partial charge in [-0.05, 0) is 30.0 Å². The number of piperidine rings is 1. The molecule has 1 heterocycles. The summed E-state index contributed by atoms with van der Waals surface area (Å²) < 4.78 is 32.5. The molecule has 174 valence electrons. The van der Waals surface area contributed by atoms with E-state index in [9.17, 15) is 13.2 Å². The fourth-order valence-electron chi connectivity index (χ4n) is 3.18. The van der Waals surface area contributed by atoms with Gasteiger partial charge in [0.15, 0.2) is 0 Å². The molecular weight excluding hydrogens is 440 g/mol. The maximum absolute atomic E-state index is 12.9. The van der Waals surface area contributed by atoms with Gasteiger partial charge >= 0.3 is 5.97 Å². The van der Waals surface area contributed by atoms with Crippen LogP contribution in [0.4, 0.5) is 0 Å². The second-order valence-corrected chi connectivity index (χ2v) is 10.6. The predicted molar refractivity (Wildman–Crippen MR) is 122 cm³/mol. The molecule has 9 heteroatoms. The van der Waals surface area contributed by atoms with Crippen molar-refractivity contribution in [3.05, 3.63) is 34.9 Å². The number of hydrogen-bond donors (Lipinski definition) is 0. The molecule has 1 aromatic carbocycles. The van der Waals surface area contributed by atoms with Crippen molar-refractivity contribution >= 4 is 33.3 Å². The first-order valence-corrected chi connectivity index (χ1v) is 12.8. The summed E-state index contributed by atoms with van der Waals surface area (Å²) in [6.07, 6.45) is 2.71. The molecule has 1 unspecified atom stereocenters. The van der Waals surface area contributed by atoms with E-state index in [4.69, 9.17) is 21.2 Å². The van der Waals surface area contributed by atoms with Gasteiger partial charge in [0, 0.05) is 31.0 Å². The van der Waals surface area contributed by atoms with Crippen molar-refractivity contribution in [1.82, 2.24) is 4.31 Å². The fraction of sp³-hybridized carbons (Fsp3) is 0.636. The number of rotatable bonds is 11. The molecule has 1 atom stereocenters. The molecule has 1 aliphatic rings. The molecule has 0 saturated carbocycles. The second kappa shape index (κ2) is 12.4. The summed E-state index contributed by atoms with van der Waals surface area (Å²) in [4.78, 5) is 17.8. The second-order valence-electron chi connectivity index (χ2n) is 8.11. The number of carbonyl (C=O) groups is 1. The van der Waals surface area contributed by atoms with Gasteiger partial charge in [-0.3, -0.25) is 4.79 Å². The standard InChI is InChI=1S/C22H33ClN2O5S/c1-4-5-14-29-22(26)21(17(2)3)16-31(27,28)25-12-10-20(11-13-25)24-30-15-18-6-8-19(23)9-7-18/h6-9,17,21H,4-5,10-16H2,1-3H3. The van der Waals surface area contributed by atoms with Crippen LogP contribution in [0.1, 0.15) is 52.0 Å². The molecule has 1 aliphatic heterocycles. The lowest BCUT2D eigenvalue weighted by atomic mass is 9.98. The van der Waals surface area contributed by atoms with E-state index in [1.807, 2.05) is 32.9 Å². The van der Waals surface area contributed by atoms with Gasteiger partial charge in [-0.2, -0.15) is 0 Å². The maximum Gasteiger partial charge on any atom is 0.310 e. The minimum Gasteiger partial charge on any atom is -0.465 e. The van der Waals surface area contributed by atoms with Crippen molar-refractivity contribution in [3.63, 3.8) is 0 Å². The van der Waals surface area contributed by atoms with Crippen molar-refractivity contribution in [3.8, 4) is 0 Å². The van der Waals surface area contributed by atoms with Crippen LogP contribution in [0.2, 0.25) is 5.02 Å². The van der Waals surface area contributed by atoms with Crippen LogP contribution < -0.4 is 0 Å². The van der Waals surface area contributed by atoms with Crippen molar-refractivity contribution in [1.29, 1.82) is 0 Å². The van der Waals surface area contributed by atoms with Gasteiger partial charge in [-0.1, -0.05) is 56.1 Å². The summed E-state index contributed by atoms with van der Waals surface area (Å²) in [6, 6.07) is 7.33. The maximum atomic E-state index is 12.9. The third kappa shape index (κ3) is 8.43. The van der Waals surface area contributed by atoms with Crippen LogP contribution in [0.3, 0.4) is 0 Å². The SMILES string of the molecule is CCCCOC(=O)C(CS(=O)(=O)N1CCC(=NOCc2ccc(Cl)cc2)CC1)C(C)C. The molecule has 0 aromatic heterocycles. The first kappa shape index (κ1) is 25.6. The molecule has 1 saturated heterocycles. The van der Waals surface area contributed by atoms with Crippen LogP contribution in [0.5, 0.6) is 0 Å². The molecule has 2 rings (SSSR count). The Kier molecular flexibility index (Phi) is 10.3. The lowest BCUT2D eigenvalue weighted by molar-refractivity contribution is -0.149. The largest absolute Gasteiger partial charge is 0.465 e. The quantitative estimate of drug-likeness (QED) is 0.273. The van der Waals surface area contributed by atoms with E-state index < -0.39 is 21.9 Å². The van der Waals surface area contributed by atoms with E-state index in [2.05, 4.69) is 5.16 Å². The summed E-state index contributed by atoms with van der Waals surface area (Å²) in [5.74, 6) is -1.44. The number of halogens is 1. The number of ether oxygens (including phenoxy) is 1. The summed E-state index contributed by atoms with van der Waals surface area (Å²) in [5.41, 5.74) is 1.79. The molecular formula is C22H33ClN2O5S. The Morgan fingerprint density at radius 3 is 2.42 bits per heavy atom. The highest BCUT2D eigenvalue weighted by Crippen LogP contribution is 2.21. The molecule has 1 fully saturated rings. The topological polar surface area (TPSA) is 85.3 Å². The Balaban J connectivity index is 1.86. The average Bonchev–Trinajstić information content (AvgIpc) is 2.74. The Morgan fingerprint density at radius 2 is 1.84 bits per heavy atom. The number of benzene rings is 1. The molecule has 0 radical (unpaired) electrons. The Hall–Kier alpha value is -1.64. The van der Waals surface area contributed by atoms with Gasteiger partial charge in [0.1, 0.15) is 6.61 Å². The van der Waals surface area contributed by atoms with Gasteiger partial charge in [-0.15, -0.1) is 0 Å². The van der Waals surface area contributed by atoms with Crippen LogP contribution in [-0.4, -0.2) is 49.9 Å². The summed E-state index contributed by atoms with van der Waals surface area (Å²) in [7, 11) is -3.57. The first-order valence-electron chi connectivity index (χ1n) is 10.8. The summed E-state index contributed by atoms with van der Waals surface area (Å²) in [5, 5.41) is 4.83. The minimum absolute atomic E-state index is 0.118. The Morgan fingerprint density at radius 1 is 1.19 bits per heavy atom. The highest BCUT2D eigenvalue weighted by Gasteiger charge is 2.34. The molecule has 0 aliphatic carbocycles. The number of hydrogen-bond acceptors (Lipinski definition) is 6. The lowest BCUT2D eigenvalue weighted by Crippen LogP contribution is -2.43. The van der Waals surface area contributed by atoms with Gasteiger partial charge < -0.3 is 9.57 Å². The predicted octanol–water partition coefficient (Wildman–Crippen LogP) is 4.25. The zero-order valence-electron chi connectivity index (χ0n) is 18.5. The van der Waals surface area contributed by atoms with E-state index in [1.165, 1.54) is 4.31 Å². The van der Waals surface area contributed by atoms with E-state index in [0.717, 1.165) is 24.1 Å². The van der Waals surface area contributed by atoms with E-state index in [0.29, 0.717) is 44.2 Å². The molecule has 0 spiro atoms. The first-order chi connectivity index (χ1) is 14.7. The number of carbonyl (C=O) groups excluding carboxylic acids is 1. The third-order valence-electron chi connectivity index (χ3n) is 5.27. The van der Waals surface area contributed by atoms with Crippen LogP contribution in [0.25, 0.3) is 0 Å². The fourth-order valence-corrected chi connectivity index (χ4v) is 5.23. The highest BCUT2D eigenvalue weighted by atomic mass is 35.5. The minimum atomic E-state index is -3.57. The van der Waals surface area contributed by atoms with E-state index in [1.54, 1.807) is 12.1 Å². The van der Waals surface area contributed by atoms with Crippen LogP contribution in [0.15, 0.2) is 29.4 Å². The van der Waals surface area contributed by atoms with Crippen molar-refractivity contribution in [2.45, 2.75) is 53.1 Å². The van der Waals surface area contributed by atoms with E-state index in [-0.39, 0.29) is 11.7 Å². The van der Waals surface area contributed by atoms with Gasteiger partial charge in [0.2, 0.25) is 10.0 Å². The van der Waals surface area contributed by atoms with Gasteiger partial charge in [0.05, 0.1) is 24.0 Å². The third-order valence-corrected chi connectivity index (χ3v) is 7.46. The zero-order valence-corrected chi connectivity index (χ0v) is 20.1. The molecule has 31 heavy (non-hydrogen) atoms. The number of sulfonamides is 1. The average molecular weight is 473 g/mol. The van der Waals surface area contributed by atoms with Crippen LogP contribution in [0, 0.1) is 11.8 Å². The van der Waals surface area contributed by atoms with Gasteiger partial charge in [0.25, 0.3) is 0 Å². The zero-order chi connectivity index (χ0) is 22.9. The van der Waals surface area contributed by atoms with Crippen LogP contribution in [-0.2, 0) is 31.0 Å². The highest BCUT2D eigenvalue weighted by molar-refractivity contribution is 7.89. The van der Waals surface area contributed by atoms with Crippen LogP contribution >= 0.6 is 11.6 Å². The smallest absolute Gasteiger partial charge is 0.310 e. The van der Waals surface area contributed by atoms with Crippen molar-refractivity contribution in [2.75, 3.05) is 25.4 Å². The monoisotopic (exact) mass is 472 g/mol. The molecule has 1 aromatic rings. The molecule has 0 N–H and O–H groups in total. The number of esters is 1. The van der Waals surface area contributed by atoms with Crippen molar-refractivity contribution in [2.24, 2.45) is 17.0 Å². The number of nitrogens with zero attached hydrogens (tertiary/aromatic N) is 2. The Labute approximate surface area is 190 Å². The normalized spacial score (nSPS) is 16.2. The molecule has 7 nitrogen and oxygen atoms in total.